The molecule has 1 rings (SSSR count). The number of carbonyl (C=O) groups is 1. The lowest BCUT2D eigenvalue weighted by Crippen LogP contribution is -2.34. The van der Waals surface area contributed by atoms with Gasteiger partial charge in [0.05, 0.1) is 19.2 Å². The second-order valence-electron chi connectivity index (χ2n) is 3.46. The van der Waals surface area contributed by atoms with E-state index in [0.717, 1.165) is 32.6 Å². The highest BCUT2D eigenvalue weighted by atomic mass is 16.4. The van der Waals surface area contributed by atoms with Crippen molar-refractivity contribution in [3.63, 3.8) is 0 Å². The molecule has 0 aromatic carbocycles. The maximum Gasteiger partial charge on any atom is 0.317 e. The van der Waals surface area contributed by atoms with Crippen LogP contribution in [0.25, 0.3) is 0 Å². The van der Waals surface area contributed by atoms with Gasteiger partial charge in [-0.3, -0.25) is 14.6 Å². The third-order valence-corrected chi connectivity index (χ3v) is 2.33. The molecule has 5 heteroatoms. The molecule has 78 valence electrons. The monoisotopic (exact) mass is 197 g/mol. The number of nitriles is 1. The molecule has 0 spiro atoms. The second kappa shape index (κ2) is 5.58. The van der Waals surface area contributed by atoms with Gasteiger partial charge in [0.1, 0.15) is 0 Å². The fourth-order valence-corrected chi connectivity index (χ4v) is 1.63. The van der Waals surface area contributed by atoms with E-state index in [4.69, 9.17) is 10.4 Å². The van der Waals surface area contributed by atoms with Crippen molar-refractivity contribution >= 4 is 5.97 Å². The van der Waals surface area contributed by atoms with Crippen LogP contribution < -0.4 is 0 Å². The van der Waals surface area contributed by atoms with E-state index in [-0.39, 0.29) is 6.54 Å². The fourth-order valence-electron chi connectivity index (χ4n) is 1.63. The summed E-state index contributed by atoms with van der Waals surface area (Å²) in [5.74, 6) is -0.779. The zero-order valence-corrected chi connectivity index (χ0v) is 8.15. The van der Waals surface area contributed by atoms with Crippen molar-refractivity contribution in [1.82, 2.24) is 9.80 Å². The van der Waals surface area contributed by atoms with E-state index in [1.807, 2.05) is 4.90 Å². The van der Waals surface area contributed by atoms with Crippen LogP contribution in [0.5, 0.6) is 0 Å². The minimum atomic E-state index is -0.779. The van der Waals surface area contributed by atoms with Crippen LogP contribution in [-0.4, -0.2) is 60.1 Å². The van der Waals surface area contributed by atoms with E-state index in [2.05, 4.69) is 11.0 Å². The number of rotatable bonds is 3. The van der Waals surface area contributed by atoms with Gasteiger partial charge in [0.15, 0.2) is 0 Å². The van der Waals surface area contributed by atoms with Crippen LogP contribution in [0.15, 0.2) is 0 Å². The lowest BCUT2D eigenvalue weighted by Gasteiger charge is -2.17. The first kappa shape index (κ1) is 11.0. The third-order valence-electron chi connectivity index (χ3n) is 2.33. The highest BCUT2D eigenvalue weighted by Crippen LogP contribution is 2.01. The molecule has 1 fully saturated rings. The number of hydrogen-bond acceptors (Lipinski definition) is 4. The largest absolute Gasteiger partial charge is 0.480 e. The van der Waals surface area contributed by atoms with Crippen molar-refractivity contribution < 1.29 is 9.90 Å². The zero-order chi connectivity index (χ0) is 10.4. The Morgan fingerprint density at radius 3 is 2.57 bits per heavy atom. The first-order valence-electron chi connectivity index (χ1n) is 4.76. The van der Waals surface area contributed by atoms with E-state index in [1.165, 1.54) is 0 Å². The van der Waals surface area contributed by atoms with E-state index in [9.17, 15) is 4.79 Å². The molecule has 0 radical (unpaired) electrons. The van der Waals surface area contributed by atoms with Crippen LogP contribution in [0, 0.1) is 11.3 Å². The molecule has 14 heavy (non-hydrogen) atoms. The Morgan fingerprint density at radius 2 is 1.93 bits per heavy atom. The number of aliphatic carboxylic acids is 1. The van der Waals surface area contributed by atoms with E-state index in [1.54, 1.807) is 0 Å². The van der Waals surface area contributed by atoms with Crippen LogP contribution >= 0.6 is 0 Å². The summed E-state index contributed by atoms with van der Waals surface area (Å²) in [6, 6.07) is 2.11. The lowest BCUT2D eigenvalue weighted by molar-refractivity contribution is -0.138. The minimum Gasteiger partial charge on any atom is -0.480 e. The van der Waals surface area contributed by atoms with Crippen molar-refractivity contribution in [2.45, 2.75) is 6.42 Å². The molecule has 0 saturated carbocycles. The average Bonchev–Trinajstić information content (AvgIpc) is 2.31. The summed E-state index contributed by atoms with van der Waals surface area (Å²) in [5, 5.41) is 17.1. The van der Waals surface area contributed by atoms with Gasteiger partial charge in [-0.05, 0) is 6.42 Å². The number of carboxylic acid groups (broad SMARTS) is 1. The maximum atomic E-state index is 10.5. The molecule has 1 N–H and O–H groups in total. The van der Waals surface area contributed by atoms with Crippen molar-refractivity contribution in [3.8, 4) is 6.07 Å². The first-order chi connectivity index (χ1) is 6.72. The normalized spacial score (nSPS) is 19.9. The molecular weight excluding hydrogens is 182 g/mol. The number of hydrogen-bond donors (Lipinski definition) is 1. The third kappa shape index (κ3) is 3.73. The summed E-state index contributed by atoms with van der Waals surface area (Å²) >= 11 is 0. The quantitative estimate of drug-likeness (QED) is 0.624. The Hall–Kier alpha value is -1.12. The van der Waals surface area contributed by atoms with Gasteiger partial charge >= 0.3 is 5.97 Å². The molecule has 1 aliphatic heterocycles. The van der Waals surface area contributed by atoms with E-state index >= 15 is 0 Å². The molecule has 1 aliphatic rings. The second-order valence-corrected chi connectivity index (χ2v) is 3.46. The molecule has 0 aromatic heterocycles. The van der Waals surface area contributed by atoms with E-state index in [0.29, 0.717) is 6.54 Å². The van der Waals surface area contributed by atoms with Gasteiger partial charge in [0, 0.05) is 26.2 Å². The van der Waals surface area contributed by atoms with Crippen molar-refractivity contribution in [2.75, 3.05) is 39.3 Å². The highest BCUT2D eigenvalue weighted by molar-refractivity contribution is 5.69. The summed E-state index contributed by atoms with van der Waals surface area (Å²) in [5.41, 5.74) is 0. The molecule has 0 bridgehead atoms. The molecule has 1 saturated heterocycles. The van der Waals surface area contributed by atoms with Crippen molar-refractivity contribution in [1.29, 1.82) is 5.26 Å². The van der Waals surface area contributed by atoms with Gasteiger partial charge in [-0.25, -0.2) is 0 Å². The molecule has 0 unspecified atom stereocenters. The van der Waals surface area contributed by atoms with Crippen LogP contribution in [0.1, 0.15) is 6.42 Å². The standard InChI is InChI=1S/C9H15N3O2/c10-2-5-11-3-1-4-12(7-6-11)8-9(13)14/h1,3-8H2,(H,13,14). The molecule has 0 atom stereocenters. The maximum absolute atomic E-state index is 10.5. The molecule has 0 amide bonds. The molecular formula is C9H15N3O2. The van der Waals surface area contributed by atoms with Crippen molar-refractivity contribution in [3.05, 3.63) is 0 Å². The van der Waals surface area contributed by atoms with Crippen LogP contribution in [0.2, 0.25) is 0 Å². The summed E-state index contributed by atoms with van der Waals surface area (Å²) < 4.78 is 0. The van der Waals surface area contributed by atoms with Gasteiger partial charge < -0.3 is 5.11 Å². The van der Waals surface area contributed by atoms with Gasteiger partial charge in [-0.1, -0.05) is 0 Å². The first-order valence-corrected chi connectivity index (χ1v) is 4.76. The Balaban J connectivity index is 2.33. The Labute approximate surface area is 83.5 Å². The van der Waals surface area contributed by atoms with Gasteiger partial charge in [-0.2, -0.15) is 5.26 Å². The number of nitrogens with zero attached hydrogens (tertiary/aromatic N) is 3. The van der Waals surface area contributed by atoms with Gasteiger partial charge in [-0.15, -0.1) is 0 Å². The number of carboxylic acids is 1. The van der Waals surface area contributed by atoms with Gasteiger partial charge in [0.2, 0.25) is 0 Å². The Kier molecular flexibility index (Phi) is 4.36. The molecule has 5 nitrogen and oxygen atoms in total. The van der Waals surface area contributed by atoms with Crippen LogP contribution in [0.3, 0.4) is 0 Å². The van der Waals surface area contributed by atoms with E-state index < -0.39 is 5.97 Å². The SMILES string of the molecule is N#CCN1CCCN(CC(=O)O)CC1. The summed E-state index contributed by atoms with van der Waals surface area (Å²) in [6.07, 6.45) is 0.939. The molecule has 1 heterocycles. The summed E-state index contributed by atoms with van der Waals surface area (Å²) in [4.78, 5) is 14.5. The predicted octanol–water partition coefficient (Wildman–Crippen LogP) is -0.398. The molecule has 0 aromatic rings. The fraction of sp³-hybridized carbons (Fsp3) is 0.778. The average molecular weight is 197 g/mol. The lowest BCUT2D eigenvalue weighted by atomic mass is 10.4. The Morgan fingerprint density at radius 1 is 1.29 bits per heavy atom. The van der Waals surface area contributed by atoms with Crippen molar-refractivity contribution in [2.24, 2.45) is 0 Å². The summed E-state index contributed by atoms with van der Waals surface area (Å²) in [6.45, 7) is 3.80. The highest BCUT2D eigenvalue weighted by Gasteiger charge is 2.15. The minimum absolute atomic E-state index is 0.112. The van der Waals surface area contributed by atoms with Crippen LogP contribution in [0.4, 0.5) is 0 Å². The van der Waals surface area contributed by atoms with Gasteiger partial charge in [0.25, 0.3) is 0 Å². The Bertz CT molecular complexity index is 237. The zero-order valence-electron chi connectivity index (χ0n) is 8.15. The van der Waals surface area contributed by atoms with Crippen LogP contribution in [-0.2, 0) is 4.79 Å². The smallest absolute Gasteiger partial charge is 0.317 e. The molecule has 0 aliphatic carbocycles. The summed E-state index contributed by atoms with van der Waals surface area (Å²) in [7, 11) is 0. The topological polar surface area (TPSA) is 67.6 Å². The predicted molar refractivity (Wildman–Crippen MR) is 50.7 cm³/mol.